The monoisotopic (exact) mass is 381 g/mol. The van der Waals surface area contributed by atoms with Crippen LogP contribution in [-0.2, 0) is 4.79 Å². The molecule has 0 aliphatic carbocycles. The van der Waals surface area contributed by atoms with Crippen molar-refractivity contribution < 1.29 is 9.59 Å². The Labute approximate surface area is 166 Å². The van der Waals surface area contributed by atoms with E-state index >= 15 is 0 Å². The van der Waals surface area contributed by atoms with Crippen molar-refractivity contribution >= 4 is 29.4 Å². The molecule has 7 heteroatoms. The van der Waals surface area contributed by atoms with Crippen molar-refractivity contribution in [2.75, 3.05) is 54.4 Å². The zero-order chi connectivity index (χ0) is 19.9. The lowest BCUT2D eigenvalue weighted by atomic mass is 10.2. The van der Waals surface area contributed by atoms with Crippen molar-refractivity contribution in [3.05, 3.63) is 48.3 Å². The lowest BCUT2D eigenvalue weighted by molar-refractivity contribution is -0.118. The Bertz CT molecular complexity index is 797. The smallest absolute Gasteiger partial charge is 0.257 e. The number of benzene rings is 1. The third kappa shape index (κ3) is 4.60. The van der Waals surface area contributed by atoms with Gasteiger partial charge in [-0.25, -0.2) is 0 Å². The molecule has 0 unspecified atom stereocenters. The predicted molar refractivity (Wildman–Crippen MR) is 112 cm³/mol. The van der Waals surface area contributed by atoms with E-state index in [1.807, 2.05) is 30.3 Å². The van der Waals surface area contributed by atoms with Crippen molar-refractivity contribution in [2.24, 2.45) is 0 Å². The van der Waals surface area contributed by atoms with E-state index < -0.39 is 0 Å². The van der Waals surface area contributed by atoms with Crippen molar-refractivity contribution in [3.8, 4) is 0 Å². The topological polar surface area (TPSA) is 68.8 Å². The molecular formula is C21H27N5O2. The van der Waals surface area contributed by atoms with Crippen LogP contribution in [0.2, 0.25) is 0 Å². The summed E-state index contributed by atoms with van der Waals surface area (Å²) in [5.74, 6) is -0.184. The zero-order valence-corrected chi connectivity index (χ0v) is 16.5. The number of piperazine rings is 1. The highest BCUT2D eigenvalue weighted by molar-refractivity contribution is 6.04. The molecule has 2 heterocycles. The maximum absolute atomic E-state index is 12.6. The van der Waals surface area contributed by atoms with E-state index in [9.17, 15) is 9.59 Å². The number of hydrogen-bond donors (Lipinski definition) is 1. The maximum atomic E-state index is 12.6. The number of rotatable bonds is 7. The molecule has 0 bridgehead atoms. The molecule has 1 aromatic heterocycles. The Hall–Kier alpha value is -3.09. The summed E-state index contributed by atoms with van der Waals surface area (Å²) in [4.78, 5) is 33.9. The summed E-state index contributed by atoms with van der Waals surface area (Å²) in [5.41, 5.74) is 3.31. The fraction of sp³-hybridized carbons (Fsp3) is 0.381. The van der Waals surface area contributed by atoms with Crippen molar-refractivity contribution in [1.29, 1.82) is 0 Å². The molecule has 0 saturated carbocycles. The second kappa shape index (κ2) is 9.21. The minimum absolute atomic E-state index is 0.184. The van der Waals surface area contributed by atoms with Gasteiger partial charge in [0.1, 0.15) is 0 Å². The summed E-state index contributed by atoms with van der Waals surface area (Å²) in [5, 5.41) is 2.94. The Morgan fingerprint density at radius 3 is 2.39 bits per heavy atom. The third-order valence-corrected chi connectivity index (χ3v) is 5.07. The summed E-state index contributed by atoms with van der Waals surface area (Å²) >= 11 is 0. The minimum atomic E-state index is -0.184. The SMILES string of the molecule is CCN(CC)c1ccc(NC(=O)c2cncc(N3CCN(C=O)CC3)c2)cc1. The summed E-state index contributed by atoms with van der Waals surface area (Å²) in [6.45, 7) is 8.97. The van der Waals surface area contributed by atoms with E-state index in [4.69, 9.17) is 0 Å². The van der Waals surface area contributed by atoms with Crippen LogP contribution in [0, 0.1) is 0 Å². The molecule has 1 aliphatic rings. The number of pyridine rings is 1. The van der Waals surface area contributed by atoms with Crippen LogP contribution in [0.5, 0.6) is 0 Å². The molecule has 1 aliphatic heterocycles. The van der Waals surface area contributed by atoms with Crippen LogP contribution in [0.1, 0.15) is 24.2 Å². The van der Waals surface area contributed by atoms with Gasteiger partial charge in [0.05, 0.1) is 17.4 Å². The zero-order valence-electron chi connectivity index (χ0n) is 16.5. The summed E-state index contributed by atoms with van der Waals surface area (Å²) in [6.07, 6.45) is 4.21. The normalized spacial score (nSPS) is 13.9. The van der Waals surface area contributed by atoms with Crippen LogP contribution in [-0.4, -0.2) is 61.5 Å². The van der Waals surface area contributed by atoms with Gasteiger partial charge in [-0.2, -0.15) is 0 Å². The van der Waals surface area contributed by atoms with Crippen molar-refractivity contribution in [2.45, 2.75) is 13.8 Å². The van der Waals surface area contributed by atoms with Gasteiger partial charge in [-0.15, -0.1) is 0 Å². The Balaban J connectivity index is 1.65. The van der Waals surface area contributed by atoms with Gasteiger partial charge in [0.15, 0.2) is 0 Å². The second-order valence-electron chi connectivity index (χ2n) is 6.73. The maximum Gasteiger partial charge on any atom is 0.257 e. The van der Waals surface area contributed by atoms with E-state index in [0.29, 0.717) is 18.7 Å². The van der Waals surface area contributed by atoms with Gasteiger partial charge in [-0.05, 0) is 44.2 Å². The number of carbonyl (C=O) groups excluding carboxylic acids is 2. The van der Waals surface area contributed by atoms with Gasteiger partial charge >= 0.3 is 0 Å². The molecule has 1 fully saturated rings. The lowest BCUT2D eigenvalue weighted by Gasteiger charge is -2.34. The number of carbonyl (C=O) groups is 2. The Morgan fingerprint density at radius 1 is 1.11 bits per heavy atom. The summed E-state index contributed by atoms with van der Waals surface area (Å²) in [7, 11) is 0. The molecule has 1 N–H and O–H groups in total. The number of anilines is 3. The second-order valence-corrected chi connectivity index (χ2v) is 6.73. The number of nitrogens with zero attached hydrogens (tertiary/aromatic N) is 4. The average Bonchev–Trinajstić information content (AvgIpc) is 2.76. The summed E-state index contributed by atoms with van der Waals surface area (Å²) in [6, 6.07) is 9.72. The van der Waals surface area contributed by atoms with E-state index in [1.54, 1.807) is 17.3 Å². The molecule has 0 radical (unpaired) electrons. The summed E-state index contributed by atoms with van der Waals surface area (Å²) < 4.78 is 0. The molecule has 1 aromatic carbocycles. The van der Waals surface area contributed by atoms with E-state index in [-0.39, 0.29) is 5.91 Å². The van der Waals surface area contributed by atoms with Gasteiger partial charge in [-0.3, -0.25) is 14.6 Å². The van der Waals surface area contributed by atoms with Gasteiger partial charge in [0.2, 0.25) is 6.41 Å². The first-order chi connectivity index (χ1) is 13.6. The van der Waals surface area contributed by atoms with Gasteiger partial charge < -0.3 is 20.0 Å². The Kier molecular flexibility index (Phi) is 6.47. The number of nitrogens with one attached hydrogen (secondary N) is 1. The van der Waals surface area contributed by atoms with Gasteiger partial charge in [-0.1, -0.05) is 0 Å². The average molecular weight is 381 g/mol. The van der Waals surface area contributed by atoms with Crippen LogP contribution in [0.15, 0.2) is 42.7 Å². The van der Waals surface area contributed by atoms with Crippen LogP contribution in [0.3, 0.4) is 0 Å². The van der Waals surface area contributed by atoms with E-state index in [1.165, 1.54) is 0 Å². The van der Waals surface area contributed by atoms with Crippen LogP contribution in [0.25, 0.3) is 0 Å². The largest absolute Gasteiger partial charge is 0.372 e. The van der Waals surface area contributed by atoms with Gasteiger partial charge in [0, 0.05) is 56.8 Å². The fourth-order valence-corrected chi connectivity index (χ4v) is 3.36. The van der Waals surface area contributed by atoms with E-state index in [0.717, 1.165) is 49.7 Å². The van der Waals surface area contributed by atoms with Crippen LogP contribution in [0.4, 0.5) is 17.1 Å². The molecule has 7 nitrogen and oxygen atoms in total. The van der Waals surface area contributed by atoms with Crippen LogP contribution >= 0.6 is 0 Å². The minimum Gasteiger partial charge on any atom is -0.372 e. The number of aromatic nitrogens is 1. The highest BCUT2D eigenvalue weighted by Crippen LogP contribution is 2.20. The highest BCUT2D eigenvalue weighted by atomic mass is 16.1. The molecule has 0 spiro atoms. The highest BCUT2D eigenvalue weighted by Gasteiger charge is 2.17. The molecule has 148 valence electrons. The first kappa shape index (κ1) is 19.7. The first-order valence-electron chi connectivity index (χ1n) is 9.70. The van der Waals surface area contributed by atoms with Crippen LogP contribution < -0.4 is 15.1 Å². The molecule has 0 atom stereocenters. The van der Waals surface area contributed by atoms with Gasteiger partial charge in [0.25, 0.3) is 5.91 Å². The molecule has 1 saturated heterocycles. The first-order valence-corrected chi connectivity index (χ1v) is 9.70. The lowest BCUT2D eigenvalue weighted by Crippen LogP contribution is -2.45. The van der Waals surface area contributed by atoms with Crippen molar-refractivity contribution in [3.63, 3.8) is 0 Å². The molecule has 28 heavy (non-hydrogen) atoms. The number of hydrogen-bond acceptors (Lipinski definition) is 5. The van der Waals surface area contributed by atoms with E-state index in [2.05, 4.69) is 33.9 Å². The fourth-order valence-electron chi connectivity index (χ4n) is 3.36. The molecular weight excluding hydrogens is 354 g/mol. The Morgan fingerprint density at radius 2 is 1.79 bits per heavy atom. The predicted octanol–water partition coefficient (Wildman–Crippen LogP) is 2.46. The van der Waals surface area contributed by atoms with Crippen molar-refractivity contribution in [1.82, 2.24) is 9.88 Å². The standard InChI is InChI=1S/C21H27N5O2/c1-3-25(4-2)19-7-5-18(6-8-19)23-21(28)17-13-20(15-22-14-17)26-11-9-24(16-27)10-12-26/h5-8,13-16H,3-4,9-12H2,1-2H3,(H,23,28). The molecule has 3 rings (SSSR count). The molecule has 2 aromatic rings. The quantitative estimate of drug-likeness (QED) is 0.746. The number of amides is 2. The third-order valence-electron chi connectivity index (χ3n) is 5.07. The molecule has 2 amide bonds.